The Morgan fingerprint density at radius 2 is 1.63 bits per heavy atom. The van der Waals surface area contributed by atoms with Gasteiger partial charge in [0.05, 0.1) is 5.60 Å². The minimum Gasteiger partial charge on any atom is -0.457 e. The van der Waals surface area contributed by atoms with Gasteiger partial charge in [0, 0.05) is 32.0 Å². The molecule has 0 aromatic heterocycles. The van der Waals surface area contributed by atoms with Crippen LogP contribution in [0.1, 0.15) is 67.7 Å². The molecule has 198 valence electrons. The minimum absolute atomic E-state index is 0.00307. The molecule has 0 aromatic rings. The van der Waals surface area contributed by atoms with Crippen molar-refractivity contribution in [2.75, 3.05) is 21.0 Å². The van der Waals surface area contributed by atoms with Crippen LogP contribution in [0, 0.1) is 29.6 Å². The first-order valence-electron chi connectivity index (χ1n) is 12.6. The number of Topliss-reactive ketones (excluding diaryl/α,β-unsaturated/α-hetero) is 2. The van der Waals surface area contributed by atoms with E-state index in [1.165, 1.54) is 12.0 Å². The van der Waals surface area contributed by atoms with E-state index in [1.54, 1.807) is 27.9 Å². The van der Waals surface area contributed by atoms with Gasteiger partial charge in [-0.2, -0.15) is 0 Å². The van der Waals surface area contributed by atoms with E-state index in [2.05, 4.69) is 0 Å². The second-order valence-electron chi connectivity index (χ2n) is 11.1. The summed E-state index contributed by atoms with van der Waals surface area (Å²) in [6.07, 6.45) is -0.295. The molecular formula is C26H41NO8. The zero-order valence-corrected chi connectivity index (χ0v) is 22.5. The second-order valence-corrected chi connectivity index (χ2v) is 11.1. The Bertz CT molecular complexity index is 891. The summed E-state index contributed by atoms with van der Waals surface area (Å²) in [5.74, 6) is -3.53. The number of ether oxygens (including phenoxy) is 4. The molecule has 3 fully saturated rings. The standard InChI is InChI=1S/C26H41NO8/c1-10-19-25(7)26(27(13-32-8)23(31)35-25)12-18(26)20(28)14(2)11-24(6,33-9)17(5)15(3)21(29)16(4)22(30)34-19/h14-19H,10-13H2,1-9H3/t14-,15-,16-,17-,18+,19-,24-,25-,26+/m1/s1. The molecule has 9 nitrogen and oxygen atoms in total. The van der Waals surface area contributed by atoms with Crippen molar-refractivity contribution in [3.05, 3.63) is 0 Å². The molecule has 9 heteroatoms. The largest absolute Gasteiger partial charge is 0.457 e. The number of hydrogen-bond donors (Lipinski definition) is 0. The van der Waals surface area contributed by atoms with Crippen LogP contribution in [0.25, 0.3) is 0 Å². The highest BCUT2D eigenvalue weighted by Gasteiger charge is 2.80. The molecule has 2 heterocycles. The van der Waals surface area contributed by atoms with E-state index in [0.717, 1.165) is 0 Å². The van der Waals surface area contributed by atoms with Crippen molar-refractivity contribution in [3.63, 3.8) is 0 Å². The molecule has 9 atom stereocenters. The molecule has 0 N–H and O–H groups in total. The first-order valence-corrected chi connectivity index (χ1v) is 12.6. The monoisotopic (exact) mass is 495 g/mol. The van der Waals surface area contributed by atoms with Crippen LogP contribution in [-0.4, -0.2) is 72.3 Å². The van der Waals surface area contributed by atoms with Crippen LogP contribution in [0.15, 0.2) is 0 Å². The van der Waals surface area contributed by atoms with Crippen LogP contribution in [0.2, 0.25) is 0 Å². The molecule has 1 spiro atoms. The fourth-order valence-electron chi connectivity index (χ4n) is 6.45. The first-order chi connectivity index (χ1) is 16.3. The summed E-state index contributed by atoms with van der Waals surface area (Å²) in [5, 5.41) is 0. The van der Waals surface area contributed by atoms with Crippen LogP contribution < -0.4 is 0 Å². The maximum atomic E-state index is 13.8. The van der Waals surface area contributed by atoms with E-state index < -0.39 is 52.7 Å². The van der Waals surface area contributed by atoms with Crippen molar-refractivity contribution in [1.82, 2.24) is 4.90 Å². The average Bonchev–Trinajstić information content (AvgIpc) is 3.54. The Balaban J connectivity index is 2.13. The second kappa shape index (κ2) is 9.47. The quantitative estimate of drug-likeness (QED) is 0.431. The molecule has 2 aliphatic heterocycles. The molecular weight excluding hydrogens is 454 g/mol. The molecule has 35 heavy (non-hydrogen) atoms. The highest BCUT2D eigenvalue weighted by atomic mass is 16.6. The summed E-state index contributed by atoms with van der Waals surface area (Å²) in [6, 6.07) is 0. The van der Waals surface area contributed by atoms with Gasteiger partial charge in [-0.25, -0.2) is 4.79 Å². The fraction of sp³-hybridized carbons (Fsp3) is 0.846. The predicted octanol–water partition coefficient (Wildman–Crippen LogP) is 3.37. The van der Waals surface area contributed by atoms with Crippen molar-refractivity contribution in [2.45, 2.75) is 90.6 Å². The Hall–Kier alpha value is -2.00. The fourth-order valence-corrected chi connectivity index (χ4v) is 6.45. The summed E-state index contributed by atoms with van der Waals surface area (Å²) in [6.45, 7) is 12.5. The Kier molecular flexibility index (Phi) is 7.46. The number of cyclic esters (lactones) is 1. The van der Waals surface area contributed by atoms with Crippen LogP contribution in [0.5, 0.6) is 0 Å². The normalized spacial score (nSPS) is 44.8. The number of carbonyl (C=O) groups is 4. The third-order valence-corrected chi connectivity index (χ3v) is 9.24. The van der Waals surface area contributed by atoms with Crippen LogP contribution in [0.4, 0.5) is 4.79 Å². The summed E-state index contributed by atoms with van der Waals surface area (Å²) < 4.78 is 23.0. The molecule has 2 saturated heterocycles. The van der Waals surface area contributed by atoms with Gasteiger partial charge in [0.15, 0.2) is 5.60 Å². The van der Waals surface area contributed by atoms with Crippen molar-refractivity contribution in [1.29, 1.82) is 0 Å². The smallest absolute Gasteiger partial charge is 0.413 e. The van der Waals surface area contributed by atoms with E-state index >= 15 is 0 Å². The van der Waals surface area contributed by atoms with Gasteiger partial charge in [0.2, 0.25) is 0 Å². The topological polar surface area (TPSA) is 108 Å². The summed E-state index contributed by atoms with van der Waals surface area (Å²) >= 11 is 0. The number of ketones is 2. The van der Waals surface area contributed by atoms with E-state index in [-0.39, 0.29) is 30.1 Å². The third kappa shape index (κ3) is 4.08. The lowest BCUT2D eigenvalue weighted by molar-refractivity contribution is -0.172. The maximum Gasteiger partial charge on any atom is 0.413 e. The number of nitrogens with zero attached hydrogens (tertiary/aromatic N) is 1. The predicted molar refractivity (Wildman–Crippen MR) is 126 cm³/mol. The molecule has 0 aromatic carbocycles. The highest BCUT2D eigenvalue weighted by Crippen LogP contribution is 2.63. The van der Waals surface area contributed by atoms with Gasteiger partial charge in [0.1, 0.15) is 35.9 Å². The molecule has 0 radical (unpaired) electrons. The van der Waals surface area contributed by atoms with E-state index in [4.69, 9.17) is 18.9 Å². The number of amides is 1. The highest BCUT2D eigenvalue weighted by molar-refractivity contribution is 6.00. The number of hydrogen-bond acceptors (Lipinski definition) is 8. The minimum atomic E-state index is -1.27. The number of methoxy groups -OCH3 is 2. The molecule has 1 amide bonds. The van der Waals surface area contributed by atoms with Gasteiger partial charge in [-0.15, -0.1) is 0 Å². The maximum absolute atomic E-state index is 13.8. The lowest BCUT2D eigenvalue weighted by Gasteiger charge is -2.41. The van der Waals surface area contributed by atoms with Gasteiger partial charge >= 0.3 is 12.1 Å². The van der Waals surface area contributed by atoms with Crippen LogP contribution in [-0.2, 0) is 33.3 Å². The Morgan fingerprint density at radius 1 is 1.00 bits per heavy atom. The SMILES string of the molecule is CC[C@H]1OC(=O)[C@H](C)C(=O)[C@H](C)[C@@H](C)[C@](C)(OC)C[C@@H](C)C(=O)[C@@H]2C[C@]23N(COC)C(=O)O[C@]13C. The Labute approximate surface area is 208 Å². The van der Waals surface area contributed by atoms with Crippen molar-refractivity contribution in [3.8, 4) is 0 Å². The van der Waals surface area contributed by atoms with Crippen LogP contribution in [0.3, 0.4) is 0 Å². The van der Waals surface area contributed by atoms with Crippen molar-refractivity contribution < 1.29 is 38.1 Å². The molecule has 0 unspecified atom stereocenters. The average molecular weight is 496 g/mol. The van der Waals surface area contributed by atoms with E-state index in [1.807, 2.05) is 27.7 Å². The summed E-state index contributed by atoms with van der Waals surface area (Å²) in [5.41, 5.74) is -3.04. The summed E-state index contributed by atoms with van der Waals surface area (Å²) in [4.78, 5) is 54.7. The lowest BCUT2D eigenvalue weighted by atomic mass is 9.72. The summed E-state index contributed by atoms with van der Waals surface area (Å²) in [7, 11) is 3.05. The molecule has 3 rings (SSSR count). The molecule has 3 aliphatic rings. The van der Waals surface area contributed by atoms with Gasteiger partial charge in [-0.1, -0.05) is 27.7 Å². The first kappa shape index (κ1) is 27.6. The van der Waals surface area contributed by atoms with Gasteiger partial charge in [-0.05, 0) is 46.0 Å². The van der Waals surface area contributed by atoms with Gasteiger partial charge in [0.25, 0.3) is 0 Å². The molecule has 0 bridgehead atoms. The van der Waals surface area contributed by atoms with Gasteiger partial charge < -0.3 is 18.9 Å². The Morgan fingerprint density at radius 3 is 2.17 bits per heavy atom. The van der Waals surface area contributed by atoms with Crippen molar-refractivity contribution >= 4 is 23.6 Å². The van der Waals surface area contributed by atoms with Gasteiger partial charge in [-0.3, -0.25) is 19.3 Å². The molecule has 1 saturated carbocycles. The van der Waals surface area contributed by atoms with Crippen molar-refractivity contribution in [2.24, 2.45) is 29.6 Å². The van der Waals surface area contributed by atoms with Crippen LogP contribution >= 0.6 is 0 Å². The third-order valence-electron chi connectivity index (χ3n) is 9.24. The van der Waals surface area contributed by atoms with E-state index in [0.29, 0.717) is 19.3 Å². The number of esters is 1. The number of carbonyl (C=O) groups excluding carboxylic acids is 4. The lowest BCUT2D eigenvalue weighted by Crippen LogP contribution is -2.57. The zero-order valence-electron chi connectivity index (χ0n) is 22.5. The zero-order chi connectivity index (χ0) is 26.5. The number of rotatable bonds is 4. The molecule has 1 aliphatic carbocycles. The van der Waals surface area contributed by atoms with E-state index in [9.17, 15) is 19.2 Å².